The van der Waals surface area contributed by atoms with Crippen LogP contribution in [0.15, 0.2) is 82.5 Å². The lowest BCUT2D eigenvalue weighted by Gasteiger charge is -2.15. The molecule has 2 heterocycles. The van der Waals surface area contributed by atoms with Gasteiger partial charge in [0.1, 0.15) is 5.69 Å². The molecule has 0 fully saturated rings. The topological polar surface area (TPSA) is 52.7 Å². The van der Waals surface area contributed by atoms with Crippen LogP contribution in [0.4, 0.5) is 13.2 Å². The van der Waals surface area contributed by atoms with Gasteiger partial charge in [-0.25, -0.2) is 9.36 Å². The van der Waals surface area contributed by atoms with E-state index in [0.717, 1.165) is 0 Å². The van der Waals surface area contributed by atoms with Crippen LogP contribution in [0.3, 0.4) is 0 Å². The van der Waals surface area contributed by atoms with E-state index in [1.807, 2.05) is 0 Å². The van der Waals surface area contributed by atoms with Crippen molar-refractivity contribution in [3.8, 4) is 28.3 Å². The zero-order chi connectivity index (χ0) is 26.3. The third-order valence-electron chi connectivity index (χ3n) is 5.38. The number of thioether (sulfide) groups is 1. The molecule has 2 aliphatic rings. The maximum absolute atomic E-state index is 13.2. The molecule has 0 aliphatic carbocycles. The molecular formula is C25H14Cl3F3N4OS. The van der Waals surface area contributed by atoms with Crippen LogP contribution in [-0.4, -0.2) is 25.1 Å². The Bertz CT molecular complexity index is 1620. The maximum Gasteiger partial charge on any atom is 0.446 e. The normalized spacial score (nSPS) is 11.8. The van der Waals surface area contributed by atoms with E-state index in [9.17, 15) is 18.0 Å². The Morgan fingerprint density at radius 3 is 2.16 bits per heavy atom. The lowest BCUT2D eigenvalue weighted by Crippen LogP contribution is -2.19. The van der Waals surface area contributed by atoms with E-state index in [2.05, 4.69) is 10.2 Å². The fourth-order valence-electron chi connectivity index (χ4n) is 3.74. The molecule has 5 rings (SSSR count). The third kappa shape index (κ3) is 5.65. The van der Waals surface area contributed by atoms with Crippen LogP contribution in [0.5, 0.6) is 0 Å². The highest BCUT2D eigenvalue weighted by atomic mass is 35.5. The largest absolute Gasteiger partial charge is 0.446 e. The summed E-state index contributed by atoms with van der Waals surface area (Å²) in [5.74, 6) is 0. The number of fused-ring (bicyclic) bond motifs is 1. The zero-order valence-corrected chi connectivity index (χ0v) is 21.6. The summed E-state index contributed by atoms with van der Waals surface area (Å²) in [6.07, 6.45) is 0. The Morgan fingerprint density at radius 2 is 1.51 bits per heavy atom. The summed E-state index contributed by atoms with van der Waals surface area (Å²) in [5, 5.41) is 10.4. The fraction of sp³-hybridized carbons (Fsp3) is 0.0800. The molecule has 0 radical (unpaired) electrons. The molecule has 0 saturated heterocycles. The zero-order valence-electron chi connectivity index (χ0n) is 18.5. The van der Waals surface area contributed by atoms with Gasteiger partial charge in [0.15, 0.2) is 5.69 Å². The monoisotopic (exact) mass is 580 g/mol. The van der Waals surface area contributed by atoms with Gasteiger partial charge in [-0.2, -0.15) is 23.4 Å². The maximum atomic E-state index is 13.2. The number of hydrogen-bond donors (Lipinski definition) is 0. The Labute approximate surface area is 227 Å². The highest BCUT2D eigenvalue weighted by Crippen LogP contribution is 2.37. The first-order valence-electron chi connectivity index (χ1n) is 10.6. The average Bonchev–Trinajstić information content (AvgIpc) is 3.13. The van der Waals surface area contributed by atoms with Crippen LogP contribution in [0.2, 0.25) is 15.1 Å². The van der Waals surface area contributed by atoms with Crippen LogP contribution >= 0.6 is 46.6 Å². The summed E-state index contributed by atoms with van der Waals surface area (Å²) in [7, 11) is 0. The molecule has 0 atom stereocenters. The van der Waals surface area contributed by atoms with Crippen molar-refractivity contribution in [3.63, 3.8) is 0 Å². The van der Waals surface area contributed by atoms with E-state index in [1.54, 1.807) is 53.2 Å². The summed E-state index contributed by atoms with van der Waals surface area (Å²) in [5.41, 5.74) is -1.93. The predicted molar refractivity (Wildman–Crippen MR) is 140 cm³/mol. The van der Waals surface area contributed by atoms with Crippen molar-refractivity contribution < 1.29 is 13.2 Å². The van der Waals surface area contributed by atoms with Crippen LogP contribution < -0.4 is 5.56 Å². The van der Waals surface area contributed by atoms with Gasteiger partial charge >= 0.3 is 5.51 Å². The molecule has 0 bridgehead atoms. The summed E-state index contributed by atoms with van der Waals surface area (Å²) < 4.78 is 40.6. The average molecular weight is 582 g/mol. The molecule has 0 aromatic heterocycles. The van der Waals surface area contributed by atoms with E-state index in [0.29, 0.717) is 43.3 Å². The smallest absolute Gasteiger partial charge is 0.265 e. The first kappa shape index (κ1) is 25.7. The molecule has 0 N–H and O–H groups in total. The van der Waals surface area contributed by atoms with Crippen LogP contribution in [-0.2, 0) is 6.54 Å². The number of aromatic nitrogens is 4. The lowest BCUT2D eigenvalue weighted by atomic mass is 10.1. The molecule has 3 aromatic rings. The van der Waals surface area contributed by atoms with Gasteiger partial charge in [-0.05, 0) is 78.0 Å². The van der Waals surface area contributed by atoms with Gasteiger partial charge in [0.05, 0.1) is 22.9 Å². The molecule has 2 aliphatic heterocycles. The first-order chi connectivity index (χ1) is 17.6. The molecule has 0 saturated carbocycles. The molecule has 37 heavy (non-hydrogen) atoms. The molecule has 3 aromatic carbocycles. The van der Waals surface area contributed by atoms with Crippen molar-refractivity contribution in [2.75, 3.05) is 0 Å². The molecule has 12 heteroatoms. The van der Waals surface area contributed by atoms with E-state index >= 15 is 0 Å². The van der Waals surface area contributed by atoms with Crippen molar-refractivity contribution in [2.45, 2.75) is 16.9 Å². The van der Waals surface area contributed by atoms with Crippen molar-refractivity contribution >= 4 is 46.6 Å². The number of halogens is 6. The van der Waals surface area contributed by atoms with E-state index in [-0.39, 0.29) is 28.9 Å². The highest BCUT2D eigenvalue weighted by Gasteiger charge is 2.29. The van der Waals surface area contributed by atoms with Crippen LogP contribution in [0, 0.1) is 0 Å². The fourth-order valence-corrected chi connectivity index (χ4v) is 4.91. The molecule has 188 valence electrons. The molecule has 0 spiro atoms. The summed E-state index contributed by atoms with van der Waals surface area (Å²) in [6, 6.07) is 19.4. The van der Waals surface area contributed by atoms with Gasteiger partial charge < -0.3 is 0 Å². The van der Waals surface area contributed by atoms with Gasteiger partial charge in [0, 0.05) is 20.5 Å². The van der Waals surface area contributed by atoms with Crippen LogP contribution in [0.25, 0.3) is 28.3 Å². The Balaban J connectivity index is 1.59. The van der Waals surface area contributed by atoms with Gasteiger partial charge in [-0.3, -0.25) is 4.79 Å². The minimum absolute atomic E-state index is 0.0550. The SMILES string of the molecule is O=c1c2nn(-c3ccc(Cl)cc3)c(-c3ccc(Cl)cc3Cl)cc-2nn1Cc1ccc(SC(F)(F)F)cc1. The standard InChI is InChI=1S/C25H14Cl3F3N4OS/c26-15-3-6-17(7-4-15)35-22(19-10-5-16(27)11-20(19)28)12-21-23(33-35)24(36)34(32-21)13-14-1-8-18(9-2-14)37-25(29,30)31/h1-12H,13H2. The molecule has 0 amide bonds. The number of hydrogen-bond acceptors (Lipinski definition) is 4. The lowest BCUT2D eigenvalue weighted by molar-refractivity contribution is -0.0328. The number of rotatable bonds is 5. The number of benzene rings is 3. The number of nitrogens with zero attached hydrogens (tertiary/aromatic N) is 4. The summed E-state index contributed by atoms with van der Waals surface area (Å²) in [6.45, 7) is 0.0597. The minimum atomic E-state index is -4.38. The predicted octanol–water partition coefficient (Wildman–Crippen LogP) is 7.82. The second kappa shape index (κ2) is 10.1. The Morgan fingerprint density at radius 1 is 0.838 bits per heavy atom. The summed E-state index contributed by atoms with van der Waals surface area (Å²) >= 11 is 18.4. The van der Waals surface area contributed by atoms with E-state index in [1.165, 1.54) is 28.9 Å². The van der Waals surface area contributed by atoms with Gasteiger partial charge in [-0.1, -0.05) is 46.9 Å². The molecule has 0 unspecified atom stereocenters. The first-order valence-corrected chi connectivity index (χ1v) is 12.6. The van der Waals surface area contributed by atoms with Crippen LogP contribution in [0.1, 0.15) is 5.56 Å². The third-order valence-corrected chi connectivity index (χ3v) is 6.92. The second-order valence-electron chi connectivity index (χ2n) is 7.93. The van der Waals surface area contributed by atoms with E-state index < -0.39 is 11.1 Å². The summed E-state index contributed by atoms with van der Waals surface area (Å²) in [4.78, 5) is 13.2. The quantitative estimate of drug-likeness (QED) is 0.199. The van der Waals surface area contributed by atoms with Crippen molar-refractivity contribution in [3.05, 3.63) is 104 Å². The second-order valence-corrected chi connectivity index (χ2v) is 10.3. The highest BCUT2D eigenvalue weighted by molar-refractivity contribution is 8.00. The molecular weight excluding hydrogens is 568 g/mol. The van der Waals surface area contributed by atoms with Crippen molar-refractivity contribution in [1.82, 2.24) is 19.6 Å². The molecule has 5 nitrogen and oxygen atoms in total. The van der Waals surface area contributed by atoms with E-state index in [4.69, 9.17) is 34.8 Å². The Kier molecular flexibility index (Phi) is 6.97. The van der Waals surface area contributed by atoms with Gasteiger partial charge in [-0.15, -0.1) is 0 Å². The Hall–Kier alpha value is -2.98. The van der Waals surface area contributed by atoms with Gasteiger partial charge in [0.2, 0.25) is 0 Å². The number of alkyl halides is 3. The van der Waals surface area contributed by atoms with Gasteiger partial charge in [0.25, 0.3) is 5.56 Å². The van der Waals surface area contributed by atoms with Crippen molar-refractivity contribution in [1.29, 1.82) is 0 Å². The minimum Gasteiger partial charge on any atom is -0.265 e. The van der Waals surface area contributed by atoms with Crippen molar-refractivity contribution in [2.24, 2.45) is 0 Å².